The average molecular weight is 583 g/mol. The monoisotopic (exact) mass is 582 g/mol. The Labute approximate surface area is 236 Å². The topological polar surface area (TPSA) is 134 Å². The van der Waals surface area contributed by atoms with E-state index in [0.717, 1.165) is 18.0 Å². The van der Waals surface area contributed by atoms with Crippen molar-refractivity contribution in [2.45, 2.75) is 43.1 Å². The van der Waals surface area contributed by atoms with Crippen molar-refractivity contribution in [3.8, 4) is 0 Å². The van der Waals surface area contributed by atoms with Crippen molar-refractivity contribution in [2.24, 2.45) is 5.16 Å². The van der Waals surface area contributed by atoms with Gasteiger partial charge >= 0.3 is 0 Å². The lowest BCUT2D eigenvalue weighted by atomic mass is 10.1. The Kier molecular flexibility index (Phi) is 8.52. The van der Waals surface area contributed by atoms with Gasteiger partial charge in [-0.25, -0.2) is 13.4 Å². The van der Waals surface area contributed by atoms with Gasteiger partial charge in [0.2, 0.25) is 5.91 Å². The highest BCUT2D eigenvalue weighted by molar-refractivity contribution is 7.92. The van der Waals surface area contributed by atoms with E-state index in [9.17, 15) is 18.0 Å². The van der Waals surface area contributed by atoms with Crippen LogP contribution in [-0.2, 0) is 37.4 Å². The van der Waals surface area contributed by atoms with Crippen LogP contribution in [0.5, 0.6) is 0 Å². The Hall–Kier alpha value is -3.68. The molecule has 0 spiro atoms. The van der Waals surface area contributed by atoms with Crippen molar-refractivity contribution in [3.63, 3.8) is 0 Å². The first-order valence-electron chi connectivity index (χ1n) is 13.0. The maximum atomic E-state index is 13.3. The molecule has 1 saturated carbocycles. The standard InChI is InChI=1S/C27H30N6O5S2/c1-19(34)33-14-12-32(13-15-33)17-22-16-29-27(39-22)30-26(35)25(31-38-18-21-4-2-3-11-28-21)20-5-7-23(8-6-20)40(36,37)24-9-10-24/h2-8,11,16,24H,9-10,12-15,17-18H2,1H3,(H,29,30,35)/b31-25+. The number of benzene rings is 1. The van der Waals surface area contributed by atoms with Crippen LogP contribution in [0.4, 0.5) is 5.13 Å². The largest absolute Gasteiger partial charge is 0.389 e. The minimum absolute atomic E-state index is 0.0107. The molecule has 3 aromatic rings. The highest BCUT2D eigenvalue weighted by Crippen LogP contribution is 2.33. The molecule has 1 aliphatic heterocycles. The average Bonchev–Trinajstić information content (AvgIpc) is 3.74. The van der Waals surface area contributed by atoms with Crippen LogP contribution in [-0.4, -0.2) is 77.1 Å². The van der Waals surface area contributed by atoms with E-state index in [1.54, 1.807) is 43.6 Å². The minimum Gasteiger partial charge on any atom is -0.389 e. The highest BCUT2D eigenvalue weighted by atomic mass is 32.2. The Morgan fingerprint density at radius 1 is 1.07 bits per heavy atom. The molecule has 1 aliphatic carbocycles. The number of thiazole rings is 1. The number of rotatable bonds is 10. The van der Waals surface area contributed by atoms with E-state index < -0.39 is 15.7 Å². The molecule has 5 rings (SSSR count). The zero-order valence-corrected chi connectivity index (χ0v) is 23.7. The van der Waals surface area contributed by atoms with Crippen molar-refractivity contribution in [1.29, 1.82) is 0 Å². The third kappa shape index (κ3) is 6.90. The maximum Gasteiger partial charge on any atom is 0.280 e. The first-order valence-corrected chi connectivity index (χ1v) is 15.3. The number of anilines is 1. The van der Waals surface area contributed by atoms with Crippen molar-refractivity contribution in [3.05, 3.63) is 71.0 Å². The number of sulfone groups is 1. The van der Waals surface area contributed by atoms with Gasteiger partial charge in [-0.15, -0.1) is 11.3 Å². The quantitative estimate of drug-likeness (QED) is 0.285. The molecule has 2 aromatic heterocycles. The second-order valence-electron chi connectivity index (χ2n) is 9.67. The van der Waals surface area contributed by atoms with E-state index in [4.69, 9.17) is 4.84 Å². The van der Waals surface area contributed by atoms with E-state index >= 15 is 0 Å². The number of hydrogen-bond acceptors (Lipinski definition) is 10. The van der Waals surface area contributed by atoms with Crippen LogP contribution in [0.3, 0.4) is 0 Å². The molecule has 0 atom stereocenters. The zero-order chi connectivity index (χ0) is 28.1. The van der Waals surface area contributed by atoms with Gasteiger partial charge in [-0.2, -0.15) is 0 Å². The lowest BCUT2D eigenvalue weighted by Gasteiger charge is -2.33. The summed E-state index contributed by atoms with van der Waals surface area (Å²) in [6, 6.07) is 11.5. The first-order chi connectivity index (χ1) is 19.3. The van der Waals surface area contributed by atoms with Crippen LogP contribution in [0.2, 0.25) is 0 Å². The zero-order valence-electron chi connectivity index (χ0n) is 22.0. The van der Waals surface area contributed by atoms with Crippen molar-refractivity contribution in [2.75, 3.05) is 31.5 Å². The third-order valence-electron chi connectivity index (χ3n) is 6.70. The summed E-state index contributed by atoms with van der Waals surface area (Å²) >= 11 is 1.36. The molecule has 0 bridgehead atoms. The normalized spacial score (nSPS) is 16.5. The number of oxime groups is 1. The molecule has 2 fully saturated rings. The Morgan fingerprint density at radius 3 is 2.48 bits per heavy atom. The molecule has 2 aliphatic rings. The van der Waals surface area contributed by atoms with Crippen LogP contribution >= 0.6 is 11.3 Å². The van der Waals surface area contributed by atoms with Crippen LogP contribution in [0.1, 0.15) is 35.9 Å². The number of pyridine rings is 1. The van der Waals surface area contributed by atoms with Gasteiger partial charge in [0.25, 0.3) is 5.91 Å². The third-order valence-corrected chi connectivity index (χ3v) is 9.88. The number of aromatic nitrogens is 2. The van der Waals surface area contributed by atoms with Crippen LogP contribution < -0.4 is 5.32 Å². The summed E-state index contributed by atoms with van der Waals surface area (Å²) in [5.41, 5.74) is 1.04. The molecule has 1 N–H and O–H groups in total. The van der Waals surface area contributed by atoms with Crippen molar-refractivity contribution < 1.29 is 22.8 Å². The summed E-state index contributed by atoms with van der Waals surface area (Å²) in [7, 11) is -3.36. The fraction of sp³-hybridized carbons (Fsp3) is 0.370. The smallest absolute Gasteiger partial charge is 0.280 e. The van der Waals surface area contributed by atoms with Crippen LogP contribution in [0.25, 0.3) is 0 Å². The molecular formula is C27H30N6O5S2. The second-order valence-corrected chi connectivity index (χ2v) is 13.0. The second kappa shape index (κ2) is 12.2. The fourth-order valence-corrected chi connectivity index (χ4v) is 6.79. The molecule has 3 heterocycles. The molecule has 2 amide bonds. The molecule has 210 valence electrons. The predicted molar refractivity (Wildman–Crippen MR) is 150 cm³/mol. The molecule has 0 unspecified atom stereocenters. The molecule has 1 aromatic carbocycles. The van der Waals surface area contributed by atoms with Crippen molar-refractivity contribution >= 4 is 43.8 Å². The number of nitrogens with one attached hydrogen (secondary N) is 1. The van der Waals surface area contributed by atoms with Gasteiger partial charge in [0, 0.05) is 62.5 Å². The predicted octanol–water partition coefficient (Wildman–Crippen LogP) is 2.70. The summed E-state index contributed by atoms with van der Waals surface area (Å²) in [6.07, 6.45) is 4.71. The highest BCUT2D eigenvalue weighted by Gasteiger charge is 2.36. The maximum absolute atomic E-state index is 13.3. The lowest BCUT2D eigenvalue weighted by molar-refractivity contribution is -0.130. The van der Waals surface area contributed by atoms with Gasteiger partial charge in [-0.3, -0.25) is 24.8 Å². The molecular weight excluding hydrogens is 552 g/mol. The summed E-state index contributed by atoms with van der Waals surface area (Å²) in [5, 5.41) is 6.98. The van der Waals surface area contributed by atoms with Gasteiger partial charge in [0.15, 0.2) is 27.3 Å². The Balaban J connectivity index is 1.28. The van der Waals surface area contributed by atoms with Gasteiger partial charge in [-0.05, 0) is 37.1 Å². The van der Waals surface area contributed by atoms with Crippen molar-refractivity contribution in [1.82, 2.24) is 19.8 Å². The fourth-order valence-electron chi connectivity index (χ4n) is 4.28. The van der Waals surface area contributed by atoms with E-state index in [0.29, 0.717) is 48.9 Å². The molecule has 0 radical (unpaired) electrons. The lowest BCUT2D eigenvalue weighted by Crippen LogP contribution is -2.47. The molecule has 11 nitrogen and oxygen atoms in total. The van der Waals surface area contributed by atoms with Gasteiger partial charge in [-0.1, -0.05) is 23.4 Å². The van der Waals surface area contributed by atoms with E-state index in [2.05, 4.69) is 25.3 Å². The first kappa shape index (κ1) is 27.9. The summed E-state index contributed by atoms with van der Waals surface area (Å²) in [5.74, 6) is -0.446. The molecule has 13 heteroatoms. The van der Waals surface area contributed by atoms with E-state index in [1.165, 1.54) is 23.5 Å². The van der Waals surface area contributed by atoms with Crippen LogP contribution in [0, 0.1) is 0 Å². The SMILES string of the molecule is CC(=O)N1CCN(Cc2cnc(NC(=O)/C(=N/OCc3ccccn3)c3ccc(S(=O)(=O)C4CC4)cc3)s2)CC1. The Morgan fingerprint density at radius 2 is 1.82 bits per heavy atom. The molecule has 40 heavy (non-hydrogen) atoms. The number of carbonyl (C=O) groups excluding carboxylic acids is 2. The number of piperazine rings is 1. The number of carbonyl (C=O) groups is 2. The molecule has 1 saturated heterocycles. The number of hydrogen-bond donors (Lipinski definition) is 1. The minimum atomic E-state index is -3.36. The summed E-state index contributed by atoms with van der Waals surface area (Å²) in [6.45, 7) is 5.24. The van der Waals surface area contributed by atoms with Gasteiger partial charge < -0.3 is 9.74 Å². The Bertz CT molecular complexity index is 1480. The number of amides is 2. The van der Waals surface area contributed by atoms with Gasteiger partial charge in [0.05, 0.1) is 15.8 Å². The summed E-state index contributed by atoms with van der Waals surface area (Å²) < 4.78 is 25.2. The van der Waals surface area contributed by atoms with E-state index in [-0.39, 0.29) is 28.4 Å². The summed E-state index contributed by atoms with van der Waals surface area (Å²) in [4.78, 5) is 44.2. The van der Waals surface area contributed by atoms with Crippen LogP contribution in [0.15, 0.2) is 64.9 Å². The van der Waals surface area contributed by atoms with Gasteiger partial charge in [0.1, 0.15) is 0 Å². The van der Waals surface area contributed by atoms with E-state index in [1.807, 2.05) is 11.0 Å². The number of nitrogens with zero attached hydrogens (tertiary/aromatic N) is 5.